The third kappa shape index (κ3) is 3.40. The Labute approximate surface area is 131 Å². The summed E-state index contributed by atoms with van der Waals surface area (Å²) < 4.78 is 0. The Hall–Kier alpha value is -2.04. The van der Waals surface area contributed by atoms with Crippen molar-refractivity contribution in [3.05, 3.63) is 23.3 Å². The van der Waals surface area contributed by atoms with E-state index in [4.69, 9.17) is 0 Å². The molecule has 0 fully saturated rings. The molecule has 2 amide bonds. The second-order valence-electron chi connectivity index (χ2n) is 7.37. The van der Waals surface area contributed by atoms with Gasteiger partial charge < -0.3 is 16.0 Å². The summed E-state index contributed by atoms with van der Waals surface area (Å²) in [6.07, 6.45) is 0.0850. The van der Waals surface area contributed by atoms with Crippen LogP contribution in [0, 0.1) is 13.8 Å². The third-order valence-corrected chi connectivity index (χ3v) is 3.82. The minimum atomic E-state index is -0.982. The maximum Gasteiger partial charge on any atom is 0.246 e. The monoisotopic (exact) mass is 303 g/mol. The molecule has 22 heavy (non-hydrogen) atoms. The fourth-order valence-corrected chi connectivity index (χ4v) is 2.50. The average molecular weight is 303 g/mol. The van der Waals surface area contributed by atoms with E-state index in [1.165, 1.54) is 0 Å². The minimum absolute atomic E-state index is 0.0850. The van der Waals surface area contributed by atoms with Gasteiger partial charge in [-0.15, -0.1) is 0 Å². The van der Waals surface area contributed by atoms with Gasteiger partial charge in [-0.25, -0.2) is 0 Å². The molecule has 1 aromatic carbocycles. The molecule has 1 aliphatic rings. The maximum absolute atomic E-state index is 12.6. The summed E-state index contributed by atoms with van der Waals surface area (Å²) in [5.41, 5.74) is 2.38. The van der Waals surface area contributed by atoms with Gasteiger partial charge in [0.25, 0.3) is 0 Å². The maximum atomic E-state index is 12.6. The van der Waals surface area contributed by atoms with Gasteiger partial charge in [-0.2, -0.15) is 0 Å². The van der Waals surface area contributed by atoms with Gasteiger partial charge in [0.15, 0.2) is 0 Å². The molecule has 1 aromatic rings. The summed E-state index contributed by atoms with van der Waals surface area (Å²) in [4.78, 5) is 24.8. The predicted octanol–water partition coefficient (Wildman–Crippen LogP) is 2.73. The van der Waals surface area contributed by atoms with Crippen molar-refractivity contribution in [2.45, 2.75) is 59.0 Å². The number of nitrogens with one attached hydrogen (secondary N) is 3. The summed E-state index contributed by atoms with van der Waals surface area (Å²) in [5, 5.41) is 9.10. The summed E-state index contributed by atoms with van der Waals surface area (Å²) >= 11 is 0. The van der Waals surface area contributed by atoms with Crippen molar-refractivity contribution in [3.63, 3.8) is 0 Å². The number of carbonyl (C=O) groups is 2. The topological polar surface area (TPSA) is 70.2 Å². The summed E-state index contributed by atoms with van der Waals surface area (Å²) in [5.74, 6) is -0.345. The van der Waals surface area contributed by atoms with E-state index in [-0.39, 0.29) is 23.8 Å². The van der Waals surface area contributed by atoms with Crippen LogP contribution < -0.4 is 16.0 Å². The Balaban J connectivity index is 2.40. The molecule has 0 aromatic heterocycles. The van der Waals surface area contributed by atoms with Crippen LogP contribution in [0.15, 0.2) is 12.1 Å². The van der Waals surface area contributed by atoms with E-state index in [1.54, 1.807) is 6.92 Å². The van der Waals surface area contributed by atoms with Crippen molar-refractivity contribution in [2.75, 3.05) is 10.6 Å². The highest BCUT2D eigenvalue weighted by Crippen LogP contribution is 2.33. The van der Waals surface area contributed by atoms with Crippen LogP contribution in [0.5, 0.6) is 0 Å². The molecule has 0 saturated heterocycles. The molecule has 5 heteroatoms. The number of anilines is 2. The first-order valence-electron chi connectivity index (χ1n) is 7.52. The Morgan fingerprint density at radius 2 is 1.73 bits per heavy atom. The van der Waals surface area contributed by atoms with Gasteiger partial charge >= 0.3 is 0 Å². The standard InChI is InChI=1S/C17H25N3O2/c1-10-7-12-13(8-11(10)2)19-17(6,9-14(21)18-12)15(22)20-16(3,4)5/h7-8,19H,9H2,1-6H3,(H,18,21)(H,20,22). The Bertz CT molecular complexity index is 632. The van der Waals surface area contributed by atoms with Crippen LogP contribution in [-0.4, -0.2) is 22.9 Å². The molecule has 1 unspecified atom stereocenters. The molecule has 2 rings (SSSR count). The normalized spacial score (nSPS) is 21.3. The zero-order valence-electron chi connectivity index (χ0n) is 14.2. The van der Waals surface area contributed by atoms with Gasteiger partial charge in [0.1, 0.15) is 5.54 Å². The van der Waals surface area contributed by atoms with Crippen molar-refractivity contribution in [3.8, 4) is 0 Å². The van der Waals surface area contributed by atoms with Gasteiger partial charge in [-0.3, -0.25) is 9.59 Å². The summed E-state index contributed by atoms with van der Waals surface area (Å²) in [7, 11) is 0. The van der Waals surface area contributed by atoms with Crippen LogP contribution in [0.1, 0.15) is 45.2 Å². The second kappa shape index (κ2) is 5.30. The lowest BCUT2D eigenvalue weighted by molar-refractivity contribution is -0.129. The van der Waals surface area contributed by atoms with Gasteiger partial charge in [0.2, 0.25) is 11.8 Å². The second-order valence-corrected chi connectivity index (χ2v) is 7.37. The van der Waals surface area contributed by atoms with E-state index in [9.17, 15) is 9.59 Å². The third-order valence-electron chi connectivity index (χ3n) is 3.82. The van der Waals surface area contributed by atoms with Crippen molar-refractivity contribution in [1.29, 1.82) is 0 Å². The van der Waals surface area contributed by atoms with Gasteiger partial charge in [0.05, 0.1) is 17.8 Å². The van der Waals surface area contributed by atoms with Crippen LogP contribution in [-0.2, 0) is 9.59 Å². The van der Waals surface area contributed by atoms with Crippen LogP contribution >= 0.6 is 0 Å². The van der Waals surface area contributed by atoms with Crippen molar-refractivity contribution < 1.29 is 9.59 Å². The number of hydrogen-bond acceptors (Lipinski definition) is 3. The predicted molar refractivity (Wildman–Crippen MR) is 89.1 cm³/mol. The zero-order chi connectivity index (χ0) is 16.7. The number of fused-ring (bicyclic) bond motifs is 1. The average Bonchev–Trinajstić information content (AvgIpc) is 2.44. The molecule has 1 atom stereocenters. The Morgan fingerprint density at radius 1 is 1.18 bits per heavy atom. The fraction of sp³-hybridized carbons (Fsp3) is 0.529. The van der Waals surface area contributed by atoms with Gasteiger partial charge in [-0.05, 0) is 64.8 Å². The molecule has 0 spiro atoms. The highest BCUT2D eigenvalue weighted by atomic mass is 16.2. The molecule has 3 N–H and O–H groups in total. The van der Waals surface area contributed by atoms with E-state index in [0.29, 0.717) is 0 Å². The van der Waals surface area contributed by atoms with Crippen molar-refractivity contribution in [1.82, 2.24) is 5.32 Å². The summed E-state index contributed by atoms with van der Waals surface area (Å²) in [6, 6.07) is 3.90. The molecule has 0 radical (unpaired) electrons. The largest absolute Gasteiger partial charge is 0.369 e. The number of amides is 2. The molecule has 0 saturated carbocycles. The van der Waals surface area contributed by atoms with E-state index >= 15 is 0 Å². The molecule has 1 aliphatic heterocycles. The number of aryl methyl sites for hydroxylation is 2. The summed E-state index contributed by atoms with van der Waals surface area (Å²) in [6.45, 7) is 11.5. The first-order chi connectivity index (χ1) is 10.00. The van der Waals surface area contributed by atoms with E-state index in [2.05, 4.69) is 16.0 Å². The quantitative estimate of drug-likeness (QED) is 0.747. The molecule has 0 aliphatic carbocycles. The Kier molecular flexibility index (Phi) is 3.94. The Morgan fingerprint density at radius 3 is 2.27 bits per heavy atom. The van der Waals surface area contributed by atoms with E-state index in [1.807, 2.05) is 46.8 Å². The smallest absolute Gasteiger partial charge is 0.246 e. The molecule has 0 bridgehead atoms. The fourth-order valence-electron chi connectivity index (χ4n) is 2.50. The highest BCUT2D eigenvalue weighted by molar-refractivity contribution is 6.03. The molecular formula is C17H25N3O2. The van der Waals surface area contributed by atoms with Gasteiger partial charge in [-0.1, -0.05) is 0 Å². The lowest BCUT2D eigenvalue weighted by atomic mass is 9.94. The zero-order valence-corrected chi connectivity index (χ0v) is 14.2. The molecule has 5 nitrogen and oxygen atoms in total. The van der Waals surface area contributed by atoms with E-state index < -0.39 is 5.54 Å². The number of rotatable bonds is 1. The number of benzene rings is 1. The van der Waals surface area contributed by atoms with Crippen LogP contribution in [0.2, 0.25) is 0 Å². The number of carbonyl (C=O) groups excluding carboxylic acids is 2. The molecule has 1 heterocycles. The lowest BCUT2D eigenvalue weighted by Crippen LogP contribution is -2.56. The first kappa shape index (κ1) is 16.3. The minimum Gasteiger partial charge on any atom is -0.369 e. The lowest BCUT2D eigenvalue weighted by Gasteiger charge is -2.32. The van der Waals surface area contributed by atoms with E-state index in [0.717, 1.165) is 22.5 Å². The highest BCUT2D eigenvalue weighted by Gasteiger charge is 2.39. The SMILES string of the molecule is Cc1cc2c(cc1C)NC(C)(C(=O)NC(C)(C)C)CC(=O)N2. The van der Waals surface area contributed by atoms with Crippen LogP contribution in [0.25, 0.3) is 0 Å². The van der Waals surface area contributed by atoms with Crippen LogP contribution in [0.4, 0.5) is 11.4 Å². The van der Waals surface area contributed by atoms with Crippen molar-refractivity contribution >= 4 is 23.2 Å². The van der Waals surface area contributed by atoms with Gasteiger partial charge in [0, 0.05) is 5.54 Å². The number of hydrogen-bond donors (Lipinski definition) is 3. The van der Waals surface area contributed by atoms with Crippen molar-refractivity contribution in [2.24, 2.45) is 0 Å². The first-order valence-corrected chi connectivity index (χ1v) is 7.52. The molecular weight excluding hydrogens is 278 g/mol. The van der Waals surface area contributed by atoms with Crippen LogP contribution in [0.3, 0.4) is 0 Å². The molecule has 120 valence electrons.